The van der Waals surface area contributed by atoms with Gasteiger partial charge in [0.2, 0.25) is 0 Å². The van der Waals surface area contributed by atoms with Gasteiger partial charge in [-0.3, -0.25) is 9.88 Å². The van der Waals surface area contributed by atoms with Gasteiger partial charge >= 0.3 is 0 Å². The molecule has 3 nitrogen and oxygen atoms in total. The SMILES string of the molecule is CC[C@H](c1ccccn1)N(C)Cc1ccccc1C#N. The molecule has 2 aromatic rings. The van der Waals surface area contributed by atoms with Crippen molar-refractivity contribution in [2.75, 3.05) is 7.05 Å². The second-order valence-corrected chi connectivity index (χ2v) is 4.86. The van der Waals surface area contributed by atoms with Crippen LogP contribution in [0.15, 0.2) is 48.7 Å². The van der Waals surface area contributed by atoms with Crippen LogP contribution in [-0.2, 0) is 6.54 Å². The molecule has 0 unspecified atom stereocenters. The summed E-state index contributed by atoms with van der Waals surface area (Å²) in [4.78, 5) is 6.70. The molecule has 0 spiro atoms. The van der Waals surface area contributed by atoms with E-state index in [-0.39, 0.29) is 6.04 Å². The zero-order valence-electron chi connectivity index (χ0n) is 12.0. The monoisotopic (exact) mass is 265 g/mol. The number of pyridine rings is 1. The maximum absolute atomic E-state index is 9.16. The lowest BCUT2D eigenvalue weighted by atomic mass is 10.1. The molecule has 0 N–H and O–H groups in total. The summed E-state index contributed by atoms with van der Waals surface area (Å²) in [6.45, 7) is 2.91. The van der Waals surface area contributed by atoms with Crippen LogP contribution in [0.3, 0.4) is 0 Å². The van der Waals surface area contributed by atoms with Crippen LogP contribution in [0.25, 0.3) is 0 Å². The smallest absolute Gasteiger partial charge is 0.0995 e. The third-order valence-electron chi connectivity index (χ3n) is 3.51. The van der Waals surface area contributed by atoms with Gasteiger partial charge in [-0.05, 0) is 37.2 Å². The van der Waals surface area contributed by atoms with E-state index in [4.69, 9.17) is 5.26 Å². The fourth-order valence-electron chi connectivity index (χ4n) is 2.47. The van der Waals surface area contributed by atoms with Crippen molar-refractivity contribution in [3.05, 3.63) is 65.5 Å². The van der Waals surface area contributed by atoms with Gasteiger partial charge < -0.3 is 0 Å². The number of benzene rings is 1. The molecule has 0 amide bonds. The maximum atomic E-state index is 9.16. The van der Waals surface area contributed by atoms with Gasteiger partial charge in [0.1, 0.15) is 0 Å². The Labute approximate surface area is 120 Å². The van der Waals surface area contributed by atoms with Crippen molar-refractivity contribution in [3.8, 4) is 6.07 Å². The number of hydrogen-bond donors (Lipinski definition) is 0. The summed E-state index contributed by atoms with van der Waals surface area (Å²) in [7, 11) is 2.08. The largest absolute Gasteiger partial charge is 0.294 e. The van der Waals surface area contributed by atoms with E-state index in [0.717, 1.165) is 29.8 Å². The summed E-state index contributed by atoms with van der Waals surface area (Å²) in [6, 6.07) is 16.3. The molecular formula is C17H19N3. The van der Waals surface area contributed by atoms with E-state index in [1.165, 1.54) is 0 Å². The third-order valence-corrected chi connectivity index (χ3v) is 3.51. The third kappa shape index (κ3) is 3.23. The molecule has 3 heteroatoms. The van der Waals surface area contributed by atoms with Gasteiger partial charge in [-0.1, -0.05) is 31.2 Å². The number of aromatic nitrogens is 1. The number of nitriles is 1. The van der Waals surface area contributed by atoms with Crippen molar-refractivity contribution >= 4 is 0 Å². The molecule has 0 fully saturated rings. The molecular weight excluding hydrogens is 246 g/mol. The summed E-state index contributed by atoms with van der Waals surface area (Å²) in [5.41, 5.74) is 2.88. The van der Waals surface area contributed by atoms with Crippen molar-refractivity contribution in [2.45, 2.75) is 25.9 Å². The molecule has 2 rings (SSSR count). The Morgan fingerprint density at radius 2 is 1.95 bits per heavy atom. The molecule has 102 valence electrons. The van der Waals surface area contributed by atoms with Gasteiger partial charge in [0.15, 0.2) is 0 Å². The quantitative estimate of drug-likeness (QED) is 0.830. The highest BCUT2D eigenvalue weighted by atomic mass is 15.1. The highest BCUT2D eigenvalue weighted by Gasteiger charge is 2.17. The van der Waals surface area contributed by atoms with Crippen molar-refractivity contribution in [2.24, 2.45) is 0 Å². The number of nitrogens with zero attached hydrogens (tertiary/aromatic N) is 3. The van der Waals surface area contributed by atoms with Gasteiger partial charge in [0.25, 0.3) is 0 Å². The Morgan fingerprint density at radius 1 is 1.20 bits per heavy atom. The van der Waals surface area contributed by atoms with E-state index in [2.05, 4.69) is 36.0 Å². The molecule has 20 heavy (non-hydrogen) atoms. The normalized spacial score (nSPS) is 12.1. The minimum Gasteiger partial charge on any atom is -0.294 e. The predicted octanol–water partition coefficient (Wildman–Crippen LogP) is 3.54. The Bertz CT molecular complexity index is 587. The van der Waals surface area contributed by atoms with Crippen LogP contribution < -0.4 is 0 Å². The summed E-state index contributed by atoms with van der Waals surface area (Å²) in [5.74, 6) is 0. The van der Waals surface area contributed by atoms with Crippen molar-refractivity contribution in [3.63, 3.8) is 0 Å². The second kappa shape index (κ2) is 6.83. The van der Waals surface area contributed by atoms with Gasteiger partial charge in [-0.15, -0.1) is 0 Å². The van der Waals surface area contributed by atoms with E-state index < -0.39 is 0 Å². The molecule has 0 aliphatic heterocycles. The first-order valence-electron chi connectivity index (χ1n) is 6.85. The van der Waals surface area contributed by atoms with Crippen LogP contribution >= 0.6 is 0 Å². The van der Waals surface area contributed by atoms with Crippen molar-refractivity contribution < 1.29 is 0 Å². The minimum atomic E-state index is 0.267. The highest BCUT2D eigenvalue weighted by molar-refractivity contribution is 5.37. The van der Waals surface area contributed by atoms with Gasteiger partial charge in [-0.2, -0.15) is 5.26 Å². The molecule has 0 radical (unpaired) electrons. The lowest BCUT2D eigenvalue weighted by Gasteiger charge is -2.27. The van der Waals surface area contributed by atoms with Crippen LogP contribution in [0.4, 0.5) is 0 Å². The number of rotatable bonds is 5. The molecule has 0 saturated carbocycles. The van der Waals surface area contributed by atoms with Crippen LogP contribution in [0.1, 0.15) is 36.2 Å². The number of hydrogen-bond acceptors (Lipinski definition) is 3. The first kappa shape index (κ1) is 14.2. The average Bonchev–Trinajstić information content (AvgIpc) is 2.49. The van der Waals surface area contributed by atoms with E-state index >= 15 is 0 Å². The Balaban J connectivity index is 2.18. The first-order valence-corrected chi connectivity index (χ1v) is 6.85. The lowest BCUT2D eigenvalue weighted by molar-refractivity contribution is 0.226. The summed E-state index contributed by atoms with van der Waals surface area (Å²) in [5, 5.41) is 9.16. The summed E-state index contributed by atoms with van der Waals surface area (Å²) < 4.78 is 0. The molecule has 0 aliphatic carbocycles. The van der Waals surface area contributed by atoms with Crippen LogP contribution in [0, 0.1) is 11.3 Å². The highest BCUT2D eigenvalue weighted by Crippen LogP contribution is 2.23. The zero-order chi connectivity index (χ0) is 14.4. The Morgan fingerprint density at radius 3 is 2.60 bits per heavy atom. The predicted molar refractivity (Wildman–Crippen MR) is 79.9 cm³/mol. The molecule has 0 bridgehead atoms. The van der Waals surface area contributed by atoms with E-state index in [1.54, 1.807) is 0 Å². The maximum Gasteiger partial charge on any atom is 0.0995 e. The zero-order valence-corrected chi connectivity index (χ0v) is 12.0. The van der Waals surface area contributed by atoms with Gasteiger partial charge in [0, 0.05) is 12.7 Å². The van der Waals surface area contributed by atoms with Crippen molar-refractivity contribution in [1.29, 1.82) is 5.26 Å². The second-order valence-electron chi connectivity index (χ2n) is 4.86. The van der Waals surface area contributed by atoms with Crippen LogP contribution in [0.5, 0.6) is 0 Å². The Hall–Kier alpha value is -2.18. The Kier molecular flexibility index (Phi) is 4.86. The average molecular weight is 265 g/mol. The fraction of sp³-hybridized carbons (Fsp3) is 0.294. The van der Waals surface area contributed by atoms with E-state index in [9.17, 15) is 0 Å². The van der Waals surface area contributed by atoms with Crippen LogP contribution in [0.2, 0.25) is 0 Å². The van der Waals surface area contributed by atoms with E-state index in [1.807, 2.05) is 42.6 Å². The van der Waals surface area contributed by atoms with Crippen LogP contribution in [-0.4, -0.2) is 16.9 Å². The van der Waals surface area contributed by atoms with Gasteiger partial charge in [-0.25, -0.2) is 0 Å². The molecule has 1 atom stereocenters. The lowest BCUT2D eigenvalue weighted by Crippen LogP contribution is -2.24. The molecule has 1 aromatic carbocycles. The molecule has 0 saturated heterocycles. The summed E-state index contributed by atoms with van der Waals surface area (Å²) >= 11 is 0. The van der Waals surface area contributed by atoms with E-state index in [0.29, 0.717) is 0 Å². The molecule has 0 aliphatic rings. The topological polar surface area (TPSA) is 39.9 Å². The standard InChI is InChI=1S/C17H19N3/c1-3-17(16-10-6-7-11-19-16)20(2)13-15-9-5-4-8-14(15)12-18/h4-11,17H,3,13H2,1-2H3/t17-/m1/s1. The van der Waals surface area contributed by atoms with Crippen molar-refractivity contribution in [1.82, 2.24) is 9.88 Å². The molecule has 1 aromatic heterocycles. The molecule has 1 heterocycles. The first-order chi connectivity index (χ1) is 9.76. The summed E-state index contributed by atoms with van der Waals surface area (Å²) in [6.07, 6.45) is 2.82. The minimum absolute atomic E-state index is 0.267. The van der Waals surface area contributed by atoms with Gasteiger partial charge in [0.05, 0.1) is 23.4 Å². The fourth-order valence-corrected chi connectivity index (χ4v) is 2.47.